The average Bonchev–Trinajstić information content (AvgIpc) is 3.24. The quantitative estimate of drug-likeness (QED) is 0.435. The number of halogens is 1. The van der Waals surface area contributed by atoms with Crippen LogP contribution in [0.15, 0.2) is 48.7 Å². The minimum absolute atomic E-state index is 0.0507. The highest BCUT2D eigenvalue weighted by Gasteiger charge is 2.32. The molecule has 8 nitrogen and oxygen atoms in total. The van der Waals surface area contributed by atoms with E-state index in [1.54, 1.807) is 18.2 Å². The Kier molecular flexibility index (Phi) is 7.86. The van der Waals surface area contributed by atoms with Crippen LogP contribution < -0.4 is 10.1 Å². The van der Waals surface area contributed by atoms with Crippen molar-refractivity contribution in [1.82, 2.24) is 20.2 Å². The van der Waals surface area contributed by atoms with E-state index >= 15 is 0 Å². The van der Waals surface area contributed by atoms with E-state index in [0.29, 0.717) is 34.5 Å². The first kappa shape index (κ1) is 27.1. The molecular weight excluding hydrogens is 516 g/mol. The maximum absolute atomic E-state index is 13.3. The van der Waals surface area contributed by atoms with Gasteiger partial charge in [-0.3, -0.25) is 9.59 Å². The molecule has 39 heavy (non-hydrogen) atoms. The smallest absolute Gasteiger partial charge is 0.254 e. The van der Waals surface area contributed by atoms with Gasteiger partial charge in [-0.25, -0.2) is 9.97 Å². The van der Waals surface area contributed by atoms with E-state index in [4.69, 9.17) is 26.1 Å². The van der Waals surface area contributed by atoms with Gasteiger partial charge in [-0.05, 0) is 50.3 Å². The van der Waals surface area contributed by atoms with E-state index in [-0.39, 0.29) is 18.4 Å². The second-order valence-corrected chi connectivity index (χ2v) is 11.1. The van der Waals surface area contributed by atoms with E-state index in [2.05, 4.69) is 10.3 Å². The van der Waals surface area contributed by atoms with E-state index in [0.717, 1.165) is 55.0 Å². The number of carbonyl (C=O) groups excluding carboxylic acids is 2. The Labute approximate surface area is 233 Å². The molecule has 1 fully saturated rings. The summed E-state index contributed by atoms with van der Waals surface area (Å²) >= 11 is 6.49. The number of ether oxygens (including phenoxy) is 2. The summed E-state index contributed by atoms with van der Waals surface area (Å²) in [4.78, 5) is 37.1. The van der Waals surface area contributed by atoms with Crippen molar-refractivity contribution in [2.24, 2.45) is 5.92 Å². The van der Waals surface area contributed by atoms with Gasteiger partial charge in [0.05, 0.1) is 23.4 Å². The summed E-state index contributed by atoms with van der Waals surface area (Å²) in [6.07, 6.45) is 4.39. The van der Waals surface area contributed by atoms with E-state index in [1.165, 1.54) is 0 Å². The number of carbonyl (C=O) groups is 2. The Bertz CT molecular complexity index is 1390. The first-order valence-electron chi connectivity index (χ1n) is 13.2. The summed E-state index contributed by atoms with van der Waals surface area (Å²) in [5, 5.41) is 3.49. The molecule has 0 bridgehead atoms. The Morgan fingerprint density at radius 1 is 1.21 bits per heavy atom. The first-order chi connectivity index (χ1) is 18.7. The molecule has 1 N–H and O–H groups in total. The first-order valence-corrected chi connectivity index (χ1v) is 13.6. The predicted molar refractivity (Wildman–Crippen MR) is 149 cm³/mol. The van der Waals surface area contributed by atoms with E-state index in [1.807, 2.05) is 56.3 Å². The lowest BCUT2D eigenvalue weighted by molar-refractivity contribution is -0.123. The number of nitrogens with zero attached hydrogens (tertiary/aromatic N) is 3. The molecule has 3 aromatic rings. The lowest BCUT2D eigenvalue weighted by atomic mass is 9.93. The molecule has 1 saturated heterocycles. The van der Waals surface area contributed by atoms with Crippen molar-refractivity contribution < 1.29 is 19.1 Å². The summed E-state index contributed by atoms with van der Waals surface area (Å²) in [6.45, 7) is 5.68. The highest BCUT2D eigenvalue weighted by Crippen LogP contribution is 2.32. The van der Waals surface area contributed by atoms with E-state index < -0.39 is 5.54 Å². The molecule has 2 aliphatic heterocycles. The number of hydrogen-bond acceptors (Lipinski definition) is 6. The molecule has 0 aliphatic carbocycles. The summed E-state index contributed by atoms with van der Waals surface area (Å²) in [5.41, 5.74) is 2.97. The van der Waals surface area contributed by atoms with Gasteiger partial charge < -0.3 is 19.7 Å². The highest BCUT2D eigenvalue weighted by atomic mass is 35.5. The van der Waals surface area contributed by atoms with E-state index in [9.17, 15) is 9.59 Å². The normalized spacial score (nSPS) is 15.8. The van der Waals surface area contributed by atoms with Gasteiger partial charge in [0.2, 0.25) is 5.91 Å². The lowest BCUT2D eigenvalue weighted by Crippen LogP contribution is -2.46. The monoisotopic (exact) mass is 548 g/mol. The number of benzene rings is 2. The van der Waals surface area contributed by atoms with Gasteiger partial charge in [-0.15, -0.1) is 0 Å². The molecule has 2 amide bonds. The van der Waals surface area contributed by atoms with Crippen LogP contribution >= 0.6 is 11.6 Å². The number of hydrogen-bond donors (Lipinski definition) is 1. The molecule has 2 aliphatic rings. The maximum Gasteiger partial charge on any atom is 0.254 e. The van der Waals surface area contributed by atoms with Crippen molar-refractivity contribution in [3.05, 3.63) is 76.2 Å². The van der Waals surface area contributed by atoms with Crippen LogP contribution in [0.25, 0.3) is 11.3 Å². The van der Waals surface area contributed by atoms with Gasteiger partial charge in [-0.1, -0.05) is 41.9 Å². The summed E-state index contributed by atoms with van der Waals surface area (Å²) in [6, 6.07) is 13.2. The van der Waals surface area contributed by atoms with Crippen LogP contribution in [-0.4, -0.2) is 53.6 Å². The third-order valence-electron chi connectivity index (χ3n) is 7.43. The molecule has 204 valence electrons. The summed E-state index contributed by atoms with van der Waals surface area (Å²) in [7, 11) is 1.60. The Morgan fingerprint density at radius 3 is 2.74 bits per heavy atom. The predicted octanol–water partition coefficient (Wildman–Crippen LogP) is 4.78. The summed E-state index contributed by atoms with van der Waals surface area (Å²) < 4.78 is 10.9. The number of amides is 2. The molecule has 1 aromatic heterocycles. The maximum atomic E-state index is 13.3. The van der Waals surface area contributed by atoms with Crippen LogP contribution in [0.1, 0.15) is 54.0 Å². The van der Waals surface area contributed by atoms with Crippen molar-refractivity contribution in [1.29, 1.82) is 0 Å². The fourth-order valence-electron chi connectivity index (χ4n) is 5.34. The second-order valence-electron chi connectivity index (χ2n) is 10.6. The van der Waals surface area contributed by atoms with Crippen molar-refractivity contribution in [3.8, 4) is 17.0 Å². The molecule has 0 radical (unpaired) electrons. The van der Waals surface area contributed by atoms with Crippen molar-refractivity contribution in [3.63, 3.8) is 0 Å². The lowest BCUT2D eigenvalue weighted by Gasteiger charge is -2.29. The Hall–Kier alpha value is -3.49. The van der Waals surface area contributed by atoms with Crippen LogP contribution in [0.3, 0.4) is 0 Å². The minimum atomic E-state index is -0.682. The van der Waals surface area contributed by atoms with Gasteiger partial charge >= 0.3 is 0 Å². The third kappa shape index (κ3) is 5.92. The average molecular weight is 549 g/mol. The molecule has 0 unspecified atom stereocenters. The summed E-state index contributed by atoms with van der Waals surface area (Å²) in [5.74, 6) is 1.49. The van der Waals surface area contributed by atoms with Gasteiger partial charge in [0.25, 0.3) is 5.91 Å². The van der Waals surface area contributed by atoms with Crippen LogP contribution in [0, 0.1) is 5.92 Å². The van der Waals surface area contributed by atoms with Gasteiger partial charge in [0.15, 0.2) is 0 Å². The Morgan fingerprint density at radius 2 is 1.97 bits per heavy atom. The second kappa shape index (κ2) is 11.3. The Balaban J connectivity index is 1.29. The van der Waals surface area contributed by atoms with Gasteiger partial charge in [0, 0.05) is 49.1 Å². The zero-order valence-corrected chi connectivity index (χ0v) is 23.3. The SMILES string of the molecule is COc1ccccc1C(C)(C)NC(=O)CN1Cc2ccc(-c3nc(CC4CCOCC4)ncc3Cl)cc2C1=O. The fourth-order valence-corrected chi connectivity index (χ4v) is 5.54. The number of aromatic nitrogens is 2. The molecular formula is C30H33ClN4O4. The standard InChI is InChI=1S/C30H33ClN4O4/c1-30(2,23-6-4-5-7-25(23)38-3)34-27(36)18-35-17-21-9-8-20(15-22(21)29(35)37)28-24(31)16-32-26(33-28)14-19-10-12-39-13-11-19/h4-9,15-16,19H,10-14,17-18H2,1-3H3,(H,34,36). The van der Waals surface area contributed by atoms with Gasteiger partial charge in [0.1, 0.15) is 18.1 Å². The molecule has 0 saturated carbocycles. The number of methoxy groups -OCH3 is 1. The molecule has 2 aromatic carbocycles. The molecule has 5 rings (SSSR count). The van der Waals surface area contributed by atoms with Gasteiger partial charge in [-0.2, -0.15) is 0 Å². The van der Waals surface area contributed by atoms with Crippen molar-refractivity contribution >= 4 is 23.4 Å². The number of nitrogens with one attached hydrogen (secondary N) is 1. The number of para-hydroxylation sites is 1. The number of rotatable bonds is 8. The topological polar surface area (TPSA) is 93.7 Å². The molecule has 0 atom stereocenters. The minimum Gasteiger partial charge on any atom is -0.496 e. The van der Waals surface area contributed by atoms with Crippen LogP contribution in [0.5, 0.6) is 5.75 Å². The fraction of sp³-hybridized carbons (Fsp3) is 0.400. The third-order valence-corrected chi connectivity index (χ3v) is 7.71. The van der Waals surface area contributed by atoms with Crippen LogP contribution in [0.4, 0.5) is 0 Å². The zero-order chi connectivity index (χ0) is 27.6. The highest BCUT2D eigenvalue weighted by molar-refractivity contribution is 6.32. The van der Waals surface area contributed by atoms with Crippen LogP contribution in [0.2, 0.25) is 5.02 Å². The van der Waals surface area contributed by atoms with Crippen molar-refractivity contribution in [2.75, 3.05) is 26.9 Å². The molecule has 3 heterocycles. The van der Waals surface area contributed by atoms with Crippen molar-refractivity contribution in [2.45, 2.75) is 45.2 Å². The largest absolute Gasteiger partial charge is 0.496 e. The zero-order valence-electron chi connectivity index (χ0n) is 22.5. The number of fused-ring (bicyclic) bond motifs is 1. The van der Waals surface area contributed by atoms with Crippen LogP contribution in [-0.2, 0) is 28.0 Å². The molecule has 0 spiro atoms. The molecule has 9 heteroatoms.